The smallest absolute Gasteiger partial charge is 0.246 e. The van der Waals surface area contributed by atoms with E-state index in [-0.39, 0.29) is 24.2 Å². The molecule has 0 bridgehead atoms. The molecule has 1 fully saturated rings. The SMILES string of the molecule is CN(Cc1nc(-c2ccccc2Cl)no1)C(=O)C1CCN(Cc2ccc(F)cc2)CC1. The minimum absolute atomic E-state index is 0.0274. The van der Waals surface area contributed by atoms with Gasteiger partial charge in [0.1, 0.15) is 5.82 Å². The summed E-state index contributed by atoms with van der Waals surface area (Å²) in [6.45, 7) is 2.69. The highest BCUT2D eigenvalue weighted by atomic mass is 35.5. The highest BCUT2D eigenvalue weighted by molar-refractivity contribution is 6.33. The topological polar surface area (TPSA) is 62.5 Å². The van der Waals surface area contributed by atoms with E-state index in [1.165, 1.54) is 12.1 Å². The Labute approximate surface area is 185 Å². The molecule has 1 aliphatic heterocycles. The van der Waals surface area contributed by atoms with Crippen molar-refractivity contribution in [3.05, 3.63) is 70.8 Å². The number of rotatable bonds is 6. The van der Waals surface area contributed by atoms with Crippen molar-refractivity contribution in [1.82, 2.24) is 19.9 Å². The van der Waals surface area contributed by atoms with Gasteiger partial charge in [-0.05, 0) is 55.8 Å². The predicted molar refractivity (Wildman–Crippen MR) is 116 cm³/mol. The quantitative estimate of drug-likeness (QED) is 0.566. The first-order chi connectivity index (χ1) is 15.0. The second-order valence-corrected chi connectivity index (χ2v) is 8.27. The van der Waals surface area contributed by atoms with Crippen LogP contribution in [0.2, 0.25) is 5.02 Å². The molecule has 8 heteroatoms. The third kappa shape index (κ3) is 5.29. The summed E-state index contributed by atoms with van der Waals surface area (Å²) in [5.41, 5.74) is 1.77. The zero-order chi connectivity index (χ0) is 21.8. The Morgan fingerprint density at radius 3 is 2.61 bits per heavy atom. The van der Waals surface area contributed by atoms with Crippen LogP contribution < -0.4 is 0 Å². The lowest BCUT2D eigenvalue weighted by molar-refractivity contribution is -0.136. The molecule has 0 unspecified atom stereocenters. The molecule has 1 amide bonds. The molecular weight excluding hydrogens is 419 g/mol. The fourth-order valence-electron chi connectivity index (χ4n) is 3.85. The molecule has 162 valence electrons. The van der Waals surface area contributed by atoms with Crippen LogP contribution in [0.1, 0.15) is 24.3 Å². The Bertz CT molecular complexity index is 1030. The van der Waals surface area contributed by atoms with E-state index < -0.39 is 0 Å². The molecule has 1 aromatic heterocycles. The standard InChI is InChI=1S/C23H24ClFN4O2/c1-28(15-21-26-22(27-31-21)19-4-2-3-5-20(19)24)23(30)17-10-12-29(13-11-17)14-16-6-8-18(25)9-7-16/h2-9,17H,10-15H2,1H3. The third-order valence-corrected chi connectivity index (χ3v) is 5.92. The zero-order valence-electron chi connectivity index (χ0n) is 17.3. The van der Waals surface area contributed by atoms with Gasteiger partial charge in [0.2, 0.25) is 17.6 Å². The van der Waals surface area contributed by atoms with Gasteiger partial charge in [0.05, 0.1) is 11.6 Å². The molecule has 4 rings (SSSR count). The number of hydrogen-bond acceptors (Lipinski definition) is 5. The van der Waals surface area contributed by atoms with Gasteiger partial charge in [0.25, 0.3) is 0 Å². The minimum atomic E-state index is -0.226. The van der Waals surface area contributed by atoms with Crippen LogP contribution in [0, 0.1) is 11.7 Å². The molecule has 2 heterocycles. The van der Waals surface area contributed by atoms with E-state index in [0.29, 0.717) is 22.3 Å². The summed E-state index contributed by atoms with van der Waals surface area (Å²) in [6, 6.07) is 13.9. The number of benzene rings is 2. The largest absolute Gasteiger partial charge is 0.337 e. The van der Waals surface area contributed by atoms with E-state index in [9.17, 15) is 9.18 Å². The number of carbonyl (C=O) groups is 1. The summed E-state index contributed by atoms with van der Waals surface area (Å²) in [4.78, 5) is 21.2. The van der Waals surface area contributed by atoms with Gasteiger partial charge in [-0.2, -0.15) is 4.98 Å². The summed E-state index contributed by atoms with van der Waals surface area (Å²) in [6.07, 6.45) is 1.58. The summed E-state index contributed by atoms with van der Waals surface area (Å²) < 4.78 is 18.4. The summed E-state index contributed by atoms with van der Waals surface area (Å²) in [5.74, 6) is 0.616. The highest BCUT2D eigenvalue weighted by Crippen LogP contribution is 2.26. The Balaban J connectivity index is 1.29. The molecule has 3 aromatic rings. The average molecular weight is 443 g/mol. The molecule has 31 heavy (non-hydrogen) atoms. The lowest BCUT2D eigenvalue weighted by Crippen LogP contribution is -2.40. The second kappa shape index (κ2) is 9.58. The number of piperidine rings is 1. The lowest BCUT2D eigenvalue weighted by atomic mass is 9.95. The lowest BCUT2D eigenvalue weighted by Gasteiger charge is -2.33. The number of aromatic nitrogens is 2. The highest BCUT2D eigenvalue weighted by Gasteiger charge is 2.28. The van der Waals surface area contributed by atoms with E-state index in [1.807, 2.05) is 30.3 Å². The van der Waals surface area contributed by atoms with Gasteiger partial charge in [0.15, 0.2) is 0 Å². The van der Waals surface area contributed by atoms with Gasteiger partial charge in [0, 0.05) is 25.1 Å². The average Bonchev–Trinajstić information content (AvgIpc) is 3.24. The summed E-state index contributed by atoms with van der Waals surface area (Å²) in [5, 5.41) is 4.54. The van der Waals surface area contributed by atoms with Crippen LogP contribution in [0.5, 0.6) is 0 Å². The van der Waals surface area contributed by atoms with Crippen LogP contribution in [0.3, 0.4) is 0 Å². The van der Waals surface area contributed by atoms with Crippen molar-refractivity contribution in [2.75, 3.05) is 20.1 Å². The maximum absolute atomic E-state index is 13.1. The zero-order valence-corrected chi connectivity index (χ0v) is 18.1. The van der Waals surface area contributed by atoms with Crippen molar-refractivity contribution >= 4 is 17.5 Å². The Morgan fingerprint density at radius 1 is 1.19 bits per heavy atom. The molecule has 0 aliphatic carbocycles. The van der Waals surface area contributed by atoms with Crippen molar-refractivity contribution in [2.45, 2.75) is 25.9 Å². The van der Waals surface area contributed by atoms with Crippen molar-refractivity contribution in [1.29, 1.82) is 0 Å². The van der Waals surface area contributed by atoms with Crippen molar-refractivity contribution < 1.29 is 13.7 Å². The molecule has 1 saturated heterocycles. The first-order valence-electron chi connectivity index (χ1n) is 10.3. The van der Waals surface area contributed by atoms with Crippen molar-refractivity contribution in [2.24, 2.45) is 5.92 Å². The fourth-order valence-corrected chi connectivity index (χ4v) is 4.07. The predicted octanol–water partition coefficient (Wildman–Crippen LogP) is 4.40. The third-order valence-electron chi connectivity index (χ3n) is 5.59. The van der Waals surface area contributed by atoms with Crippen LogP contribution in [-0.4, -0.2) is 46.0 Å². The summed E-state index contributed by atoms with van der Waals surface area (Å²) >= 11 is 6.19. The number of amides is 1. The van der Waals surface area contributed by atoms with Gasteiger partial charge < -0.3 is 9.42 Å². The van der Waals surface area contributed by atoms with Crippen LogP contribution >= 0.6 is 11.6 Å². The second-order valence-electron chi connectivity index (χ2n) is 7.86. The van der Waals surface area contributed by atoms with E-state index in [1.54, 1.807) is 18.0 Å². The monoisotopic (exact) mass is 442 g/mol. The Kier molecular flexibility index (Phi) is 6.63. The van der Waals surface area contributed by atoms with Crippen LogP contribution in [0.4, 0.5) is 4.39 Å². The van der Waals surface area contributed by atoms with E-state index in [0.717, 1.165) is 38.0 Å². The molecule has 6 nitrogen and oxygen atoms in total. The normalized spacial score (nSPS) is 15.2. The minimum Gasteiger partial charge on any atom is -0.337 e. The number of halogens is 2. The fraction of sp³-hybridized carbons (Fsp3) is 0.348. The summed E-state index contributed by atoms with van der Waals surface area (Å²) in [7, 11) is 1.76. The number of carbonyl (C=O) groups excluding carboxylic acids is 1. The van der Waals surface area contributed by atoms with Gasteiger partial charge in [-0.3, -0.25) is 9.69 Å². The number of hydrogen-bond donors (Lipinski definition) is 0. The van der Waals surface area contributed by atoms with Gasteiger partial charge in [-0.25, -0.2) is 4.39 Å². The van der Waals surface area contributed by atoms with Crippen LogP contribution in [-0.2, 0) is 17.9 Å². The first-order valence-corrected chi connectivity index (χ1v) is 10.7. The maximum Gasteiger partial charge on any atom is 0.246 e. The molecule has 1 aliphatic rings. The van der Waals surface area contributed by atoms with Crippen molar-refractivity contribution in [3.63, 3.8) is 0 Å². The van der Waals surface area contributed by atoms with Gasteiger partial charge >= 0.3 is 0 Å². The Morgan fingerprint density at radius 2 is 1.90 bits per heavy atom. The van der Waals surface area contributed by atoms with Gasteiger partial charge in [-0.1, -0.05) is 41.0 Å². The number of likely N-dealkylation sites (tertiary alicyclic amines) is 1. The van der Waals surface area contributed by atoms with E-state index >= 15 is 0 Å². The first kappa shape index (κ1) is 21.5. The van der Waals surface area contributed by atoms with Gasteiger partial charge in [-0.15, -0.1) is 0 Å². The van der Waals surface area contributed by atoms with E-state index in [2.05, 4.69) is 15.0 Å². The molecule has 2 aromatic carbocycles. The molecule has 0 spiro atoms. The molecule has 0 radical (unpaired) electrons. The number of nitrogens with zero attached hydrogens (tertiary/aromatic N) is 4. The van der Waals surface area contributed by atoms with Crippen molar-refractivity contribution in [3.8, 4) is 11.4 Å². The molecule has 0 N–H and O–H groups in total. The molecular formula is C23H24ClFN4O2. The molecule has 0 atom stereocenters. The van der Waals surface area contributed by atoms with Crippen LogP contribution in [0.25, 0.3) is 11.4 Å². The molecule has 0 saturated carbocycles. The van der Waals surface area contributed by atoms with E-state index in [4.69, 9.17) is 16.1 Å². The van der Waals surface area contributed by atoms with Crippen LogP contribution in [0.15, 0.2) is 53.1 Å². The maximum atomic E-state index is 13.1. The Hall–Kier alpha value is -2.77.